The maximum atomic E-state index is 13.7. The van der Waals surface area contributed by atoms with E-state index in [9.17, 15) is 34.2 Å². The fourth-order valence-corrected chi connectivity index (χ4v) is 4.45. The van der Waals surface area contributed by atoms with Gasteiger partial charge in [-0.2, -0.15) is 0 Å². The van der Waals surface area contributed by atoms with Crippen LogP contribution < -0.4 is 55.7 Å². The Bertz CT molecular complexity index is 1340. The number of aromatic hydroxyl groups is 1. The van der Waals surface area contributed by atoms with Crippen molar-refractivity contribution in [2.24, 2.45) is 49.4 Å². The molecule has 0 bridgehead atoms. The number of amides is 4. The third-order valence-electron chi connectivity index (χ3n) is 6.79. The van der Waals surface area contributed by atoms with Crippen LogP contribution >= 0.6 is 0 Å². The second-order valence-corrected chi connectivity index (χ2v) is 11.0. The average molecular weight is 692 g/mol. The quantitative estimate of drug-likeness (QED) is 0.0315. The molecule has 272 valence electrons. The number of hydrogen-bond acceptors (Lipinski definition) is 9. The van der Waals surface area contributed by atoms with Gasteiger partial charge in [0.05, 0.1) is 0 Å². The molecule has 0 radical (unpaired) electrons. The van der Waals surface area contributed by atoms with Crippen molar-refractivity contribution in [3.05, 3.63) is 29.8 Å². The highest BCUT2D eigenvalue weighted by Crippen LogP contribution is 2.12. The molecular weight excluding hydrogens is 642 g/mol. The van der Waals surface area contributed by atoms with Crippen LogP contribution in [-0.2, 0) is 30.4 Å². The van der Waals surface area contributed by atoms with Crippen LogP contribution in [0.5, 0.6) is 5.75 Å². The number of carbonyl (C=O) groups excluding carboxylic acids is 4. The molecule has 0 aliphatic carbocycles. The molecule has 0 aliphatic rings. The van der Waals surface area contributed by atoms with E-state index in [2.05, 4.69) is 36.2 Å². The minimum atomic E-state index is -1.33. The summed E-state index contributed by atoms with van der Waals surface area (Å²) in [7, 11) is 0. The Morgan fingerprint density at radius 1 is 0.612 bits per heavy atom. The second kappa shape index (κ2) is 21.9. The third-order valence-corrected chi connectivity index (χ3v) is 6.79. The van der Waals surface area contributed by atoms with Gasteiger partial charge in [0.1, 0.15) is 29.9 Å². The molecule has 20 nitrogen and oxygen atoms in total. The number of phenolic OH excluding ortho intramolecular Hbond substituents is 1. The maximum Gasteiger partial charge on any atom is 0.326 e. The van der Waals surface area contributed by atoms with Crippen LogP contribution in [0.4, 0.5) is 0 Å². The van der Waals surface area contributed by atoms with Gasteiger partial charge in [0.15, 0.2) is 17.9 Å². The van der Waals surface area contributed by atoms with Crippen LogP contribution in [0.15, 0.2) is 39.2 Å². The Hall–Kier alpha value is -5.82. The van der Waals surface area contributed by atoms with E-state index in [0.717, 1.165) is 0 Å². The number of phenols is 1. The number of nitrogens with two attached hydrogens (primary N) is 6. The molecule has 0 unspecified atom stereocenters. The van der Waals surface area contributed by atoms with Gasteiger partial charge in [-0.3, -0.25) is 34.2 Å². The second-order valence-electron chi connectivity index (χ2n) is 11.0. The van der Waals surface area contributed by atoms with E-state index in [4.69, 9.17) is 34.4 Å². The van der Waals surface area contributed by atoms with E-state index in [1.54, 1.807) is 12.1 Å². The van der Waals surface area contributed by atoms with Gasteiger partial charge in [-0.25, -0.2) is 4.79 Å². The van der Waals surface area contributed by atoms with Crippen molar-refractivity contribution in [2.45, 2.75) is 76.0 Å². The summed E-state index contributed by atoms with van der Waals surface area (Å²) in [4.78, 5) is 75.9. The van der Waals surface area contributed by atoms with Gasteiger partial charge in [-0.15, -0.1) is 0 Å². The molecule has 49 heavy (non-hydrogen) atoms. The van der Waals surface area contributed by atoms with Crippen LogP contribution in [-0.4, -0.2) is 101 Å². The van der Waals surface area contributed by atoms with E-state index in [-0.39, 0.29) is 88.2 Å². The first-order valence-corrected chi connectivity index (χ1v) is 15.4. The Balaban J connectivity index is 3.26. The molecule has 0 saturated heterocycles. The van der Waals surface area contributed by atoms with Gasteiger partial charge in [-0.1, -0.05) is 12.1 Å². The lowest BCUT2D eigenvalue weighted by atomic mass is 10.0. The Morgan fingerprint density at radius 3 is 1.35 bits per heavy atom. The molecule has 18 N–H and O–H groups in total. The summed E-state index contributed by atoms with van der Waals surface area (Å²) < 4.78 is 0. The van der Waals surface area contributed by atoms with Crippen LogP contribution in [0.3, 0.4) is 0 Å². The number of aliphatic carboxylic acids is 1. The number of benzene rings is 1. The molecule has 0 spiro atoms. The first-order valence-electron chi connectivity index (χ1n) is 15.4. The zero-order chi connectivity index (χ0) is 36.9. The number of hydrogen-bond donors (Lipinski definition) is 12. The SMILES string of the molecule is CC(=O)N[C@H](Cc1ccc(O)cc1)C(=O)N[C@H](CCCN=C(N)N)C(=O)N[C@H](CCCN=C(N)N)C(=O)N[C@H](CCCN=C(N)N)C(=O)O. The lowest BCUT2D eigenvalue weighted by molar-refractivity contribution is -0.142. The summed E-state index contributed by atoms with van der Waals surface area (Å²) in [6.45, 7) is 1.59. The lowest BCUT2D eigenvalue weighted by Gasteiger charge is -2.26. The van der Waals surface area contributed by atoms with Crippen molar-refractivity contribution >= 4 is 47.5 Å². The highest BCUT2D eigenvalue weighted by molar-refractivity contribution is 5.95. The van der Waals surface area contributed by atoms with Gasteiger partial charge >= 0.3 is 5.97 Å². The molecule has 0 saturated carbocycles. The number of guanidine groups is 3. The van der Waals surface area contributed by atoms with Crippen LogP contribution in [0.1, 0.15) is 51.0 Å². The number of nitrogens with one attached hydrogen (secondary N) is 4. The first-order chi connectivity index (χ1) is 23.1. The first kappa shape index (κ1) is 41.2. The predicted molar refractivity (Wildman–Crippen MR) is 183 cm³/mol. The molecule has 0 aromatic heterocycles. The minimum absolute atomic E-state index is 0.00126. The largest absolute Gasteiger partial charge is 0.508 e. The molecule has 0 heterocycles. The number of rotatable bonds is 22. The molecule has 0 aliphatic heterocycles. The zero-order valence-corrected chi connectivity index (χ0v) is 27.4. The number of aliphatic imine (C=N–C) groups is 3. The van der Waals surface area contributed by atoms with Crippen LogP contribution in [0, 0.1) is 0 Å². The molecule has 4 amide bonds. The smallest absolute Gasteiger partial charge is 0.326 e. The molecule has 1 rings (SSSR count). The molecule has 1 aromatic carbocycles. The summed E-state index contributed by atoms with van der Waals surface area (Å²) in [6, 6.07) is 1.07. The standard InChI is InChI=1S/C29H49N13O7/c1-16(43)39-22(15-17-8-10-18(44)11-9-17)25(47)41-19(5-2-12-36-27(30)31)23(45)40-20(6-3-13-37-28(32)33)24(46)42-21(26(48)49)7-4-14-38-29(34)35/h8-11,19-22,44H,2-7,12-15H2,1H3,(H,39,43)(H,40,45)(H,41,47)(H,42,46)(H,48,49)(H4,30,31,36)(H4,32,33,37)(H4,34,35,38)/t19-,20-,21-,22-/m1/s1. The van der Waals surface area contributed by atoms with E-state index in [1.807, 2.05) is 0 Å². The van der Waals surface area contributed by atoms with Crippen LogP contribution in [0.2, 0.25) is 0 Å². The molecule has 0 fully saturated rings. The highest BCUT2D eigenvalue weighted by Gasteiger charge is 2.31. The van der Waals surface area contributed by atoms with Crippen molar-refractivity contribution in [3.63, 3.8) is 0 Å². The lowest BCUT2D eigenvalue weighted by Crippen LogP contribution is -2.58. The average Bonchev–Trinajstić information content (AvgIpc) is 3.01. The van der Waals surface area contributed by atoms with E-state index in [1.165, 1.54) is 19.1 Å². The third kappa shape index (κ3) is 18.2. The normalized spacial score (nSPS) is 12.9. The van der Waals surface area contributed by atoms with Gasteiger partial charge < -0.3 is 65.9 Å². The fraction of sp³-hybridized carbons (Fsp3) is 0.517. The van der Waals surface area contributed by atoms with E-state index >= 15 is 0 Å². The molecule has 4 atom stereocenters. The molecule has 1 aromatic rings. The maximum absolute atomic E-state index is 13.7. The van der Waals surface area contributed by atoms with Crippen molar-refractivity contribution in [1.29, 1.82) is 0 Å². The van der Waals surface area contributed by atoms with E-state index in [0.29, 0.717) is 5.56 Å². The van der Waals surface area contributed by atoms with Crippen molar-refractivity contribution < 1.29 is 34.2 Å². The number of carbonyl (C=O) groups is 5. The highest BCUT2D eigenvalue weighted by atomic mass is 16.4. The van der Waals surface area contributed by atoms with Crippen LogP contribution in [0.25, 0.3) is 0 Å². The fourth-order valence-electron chi connectivity index (χ4n) is 4.45. The van der Waals surface area contributed by atoms with Crippen molar-refractivity contribution in [3.8, 4) is 5.75 Å². The van der Waals surface area contributed by atoms with Gasteiger partial charge in [0, 0.05) is 33.0 Å². The summed E-state index contributed by atoms with van der Waals surface area (Å²) in [6.07, 6.45) is 0.726. The number of carboxylic acids is 1. The summed E-state index contributed by atoms with van der Waals surface area (Å²) in [5.41, 5.74) is 32.8. The topological polar surface area (TPSA) is 367 Å². The summed E-state index contributed by atoms with van der Waals surface area (Å²) in [5.74, 6) is -4.60. The number of nitrogens with zero attached hydrogens (tertiary/aromatic N) is 3. The Kier molecular flexibility index (Phi) is 18.4. The van der Waals surface area contributed by atoms with Gasteiger partial charge in [0.2, 0.25) is 23.6 Å². The Morgan fingerprint density at radius 2 is 0.980 bits per heavy atom. The molecular formula is C29H49N13O7. The Labute approximate surface area is 283 Å². The summed E-state index contributed by atoms with van der Waals surface area (Å²) >= 11 is 0. The number of carboxylic acid groups (broad SMARTS) is 1. The van der Waals surface area contributed by atoms with Gasteiger partial charge in [-0.05, 0) is 56.2 Å². The van der Waals surface area contributed by atoms with Crippen molar-refractivity contribution in [2.75, 3.05) is 19.6 Å². The zero-order valence-electron chi connectivity index (χ0n) is 27.4. The predicted octanol–water partition coefficient (Wildman–Crippen LogP) is -3.86. The summed E-state index contributed by atoms with van der Waals surface area (Å²) in [5, 5.41) is 29.5. The minimum Gasteiger partial charge on any atom is -0.508 e. The van der Waals surface area contributed by atoms with Crippen molar-refractivity contribution in [1.82, 2.24) is 21.3 Å². The van der Waals surface area contributed by atoms with Gasteiger partial charge in [0.25, 0.3) is 0 Å². The van der Waals surface area contributed by atoms with E-state index < -0.39 is 53.8 Å². The molecule has 20 heteroatoms. The monoisotopic (exact) mass is 691 g/mol.